The maximum absolute atomic E-state index is 5.48. The van der Waals surface area contributed by atoms with Gasteiger partial charge in [-0.15, -0.1) is 0 Å². The van der Waals surface area contributed by atoms with Gasteiger partial charge >= 0.3 is 0 Å². The predicted molar refractivity (Wildman–Crippen MR) is 62.9 cm³/mol. The minimum Gasteiger partial charge on any atom is -0.375 e. The molecule has 78 valence electrons. The zero-order chi connectivity index (χ0) is 10.6. The normalized spacial score (nSPS) is 10.3. The summed E-state index contributed by atoms with van der Waals surface area (Å²) >= 11 is 0. The summed E-state index contributed by atoms with van der Waals surface area (Å²) in [6.45, 7) is 6.07. The Labute approximate surface area is 86.7 Å². The number of hydrogen-bond donors (Lipinski definition) is 1. The lowest BCUT2D eigenvalue weighted by Crippen LogP contribution is -2.21. The molecule has 0 bridgehead atoms. The second-order valence-electron chi connectivity index (χ2n) is 3.83. The molecule has 2 heteroatoms. The average Bonchev–Trinajstić information content (AvgIpc) is 2.18. The minimum atomic E-state index is 0.759. The third-order valence-corrected chi connectivity index (χ3v) is 2.63. The summed E-state index contributed by atoms with van der Waals surface area (Å²) < 4.78 is 0. The Bertz CT molecular complexity index is 294. The van der Waals surface area contributed by atoms with Crippen LogP contribution in [0.15, 0.2) is 18.2 Å². The van der Waals surface area contributed by atoms with Gasteiger partial charge in [0, 0.05) is 19.3 Å². The molecule has 0 saturated carbocycles. The number of benzene rings is 1. The number of aryl methyl sites for hydroxylation is 2. The van der Waals surface area contributed by atoms with E-state index in [-0.39, 0.29) is 0 Å². The van der Waals surface area contributed by atoms with Crippen LogP contribution in [-0.4, -0.2) is 20.1 Å². The van der Waals surface area contributed by atoms with E-state index in [9.17, 15) is 0 Å². The Morgan fingerprint density at radius 1 is 1.21 bits per heavy atom. The van der Waals surface area contributed by atoms with Crippen LogP contribution in [0.4, 0.5) is 5.69 Å². The number of rotatable bonds is 4. The SMILES string of the molecule is Cc1ccc(N(C)CCCN)cc1C. The summed E-state index contributed by atoms with van der Waals surface area (Å²) in [4.78, 5) is 2.25. The second kappa shape index (κ2) is 5.01. The second-order valence-corrected chi connectivity index (χ2v) is 3.83. The highest BCUT2D eigenvalue weighted by molar-refractivity contribution is 5.49. The summed E-state index contributed by atoms with van der Waals surface area (Å²) in [6.07, 6.45) is 1.05. The molecule has 0 atom stereocenters. The van der Waals surface area contributed by atoms with Crippen LogP contribution in [0.3, 0.4) is 0 Å². The molecule has 2 N–H and O–H groups in total. The van der Waals surface area contributed by atoms with Gasteiger partial charge in [-0.2, -0.15) is 0 Å². The molecule has 14 heavy (non-hydrogen) atoms. The number of nitrogens with zero attached hydrogens (tertiary/aromatic N) is 1. The van der Waals surface area contributed by atoms with Gasteiger partial charge in [0.05, 0.1) is 0 Å². The quantitative estimate of drug-likeness (QED) is 0.791. The van der Waals surface area contributed by atoms with Gasteiger partial charge in [-0.05, 0) is 50.1 Å². The van der Waals surface area contributed by atoms with Crippen molar-refractivity contribution in [3.05, 3.63) is 29.3 Å². The van der Waals surface area contributed by atoms with Crippen molar-refractivity contribution in [2.45, 2.75) is 20.3 Å². The van der Waals surface area contributed by atoms with Crippen molar-refractivity contribution in [3.63, 3.8) is 0 Å². The van der Waals surface area contributed by atoms with Gasteiger partial charge < -0.3 is 10.6 Å². The molecule has 0 unspecified atom stereocenters. The van der Waals surface area contributed by atoms with Crippen LogP contribution in [0.1, 0.15) is 17.5 Å². The number of nitrogens with two attached hydrogens (primary N) is 1. The third-order valence-electron chi connectivity index (χ3n) is 2.63. The maximum Gasteiger partial charge on any atom is 0.0366 e. The van der Waals surface area contributed by atoms with Crippen LogP contribution in [-0.2, 0) is 0 Å². The first kappa shape index (κ1) is 11.1. The molecule has 0 heterocycles. The fourth-order valence-corrected chi connectivity index (χ4v) is 1.42. The van der Waals surface area contributed by atoms with Gasteiger partial charge in [-0.3, -0.25) is 0 Å². The van der Waals surface area contributed by atoms with Crippen LogP contribution in [0, 0.1) is 13.8 Å². The highest BCUT2D eigenvalue weighted by Gasteiger charge is 2.01. The molecule has 0 aliphatic carbocycles. The van der Waals surface area contributed by atoms with Gasteiger partial charge in [-0.25, -0.2) is 0 Å². The topological polar surface area (TPSA) is 29.3 Å². The summed E-state index contributed by atoms with van der Waals surface area (Å²) in [5.74, 6) is 0. The van der Waals surface area contributed by atoms with Gasteiger partial charge in [-0.1, -0.05) is 6.07 Å². The van der Waals surface area contributed by atoms with E-state index in [1.807, 2.05) is 0 Å². The minimum absolute atomic E-state index is 0.759. The Balaban J connectivity index is 2.70. The highest BCUT2D eigenvalue weighted by Crippen LogP contribution is 2.17. The van der Waals surface area contributed by atoms with Crippen molar-refractivity contribution in [2.24, 2.45) is 5.73 Å². The summed E-state index contributed by atoms with van der Waals surface area (Å²) in [5.41, 5.74) is 9.46. The van der Waals surface area contributed by atoms with E-state index >= 15 is 0 Å². The van der Waals surface area contributed by atoms with Gasteiger partial charge in [0.1, 0.15) is 0 Å². The van der Waals surface area contributed by atoms with Crippen molar-refractivity contribution in [3.8, 4) is 0 Å². The van der Waals surface area contributed by atoms with E-state index < -0.39 is 0 Å². The molecule has 0 aliphatic heterocycles. The van der Waals surface area contributed by atoms with E-state index in [4.69, 9.17) is 5.73 Å². The Morgan fingerprint density at radius 3 is 2.50 bits per heavy atom. The summed E-state index contributed by atoms with van der Waals surface area (Å²) in [7, 11) is 2.11. The molecule has 0 fully saturated rings. The van der Waals surface area contributed by atoms with Gasteiger partial charge in [0.2, 0.25) is 0 Å². The standard InChI is InChI=1S/C12H20N2/c1-10-5-6-12(9-11(10)2)14(3)8-4-7-13/h5-6,9H,4,7-8,13H2,1-3H3. The van der Waals surface area contributed by atoms with Crippen molar-refractivity contribution < 1.29 is 0 Å². The van der Waals surface area contributed by atoms with Crippen LogP contribution in [0.2, 0.25) is 0 Å². The highest BCUT2D eigenvalue weighted by atomic mass is 15.1. The molecular formula is C12H20N2. The van der Waals surface area contributed by atoms with E-state index in [1.165, 1.54) is 16.8 Å². The zero-order valence-electron chi connectivity index (χ0n) is 9.38. The van der Waals surface area contributed by atoms with Crippen LogP contribution in [0.25, 0.3) is 0 Å². The van der Waals surface area contributed by atoms with E-state index in [2.05, 4.69) is 44.0 Å². The Kier molecular flexibility index (Phi) is 3.96. The fourth-order valence-electron chi connectivity index (χ4n) is 1.42. The molecule has 0 amide bonds. The molecule has 0 saturated heterocycles. The first-order valence-corrected chi connectivity index (χ1v) is 5.13. The van der Waals surface area contributed by atoms with Gasteiger partial charge in [0.15, 0.2) is 0 Å². The molecule has 1 rings (SSSR count). The van der Waals surface area contributed by atoms with Crippen LogP contribution in [0.5, 0.6) is 0 Å². The molecule has 0 spiro atoms. The van der Waals surface area contributed by atoms with Crippen molar-refractivity contribution in [1.29, 1.82) is 0 Å². The first-order chi connectivity index (χ1) is 6.65. The van der Waals surface area contributed by atoms with Crippen molar-refractivity contribution in [1.82, 2.24) is 0 Å². The maximum atomic E-state index is 5.48. The molecule has 0 aliphatic rings. The van der Waals surface area contributed by atoms with Crippen LogP contribution < -0.4 is 10.6 Å². The summed E-state index contributed by atoms with van der Waals surface area (Å²) in [5, 5.41) is 0. The lowest BCUT2D eigenvalue weighted by atomic mass is 10.1. The summed E-state index contributed by atoms with van der Waals surface area (Å²) in [6, 6.07) is 6.56. The molecular weight excluding hydrogens is 172 g/mol. The molecule has 1 aromatic rings. The van der Waals surface area contributed by atoms with E-state index in [0.29, 0.717) is 0 Å². The van der Waals surface area contributed by atoms with E-state index in [0.717, 1.165) is 19.5 Å². The monoisotopic (exact) mass is 192 g/mol. The predicted octanol–water partition coefficient (Wildman–Crippen LogP) is 2.09. The Hall–Kier alpha value is -1.02. The first-order valence-electron chi connectivity index (χ1n) is 5.13. The third kappa shape index (κ3) is 2.74. The largest absolute Gasteiger partial charge is 0.375 e. The van der Waals surface area contributed by atoms with Crippen molar-refractivity contribution >= 4 is 5.69 Å². The zero-order valence-corrected chi connectivity index (χ0v) is 9.38. The molecule has 2 nitrogen and oxygen atoms in total. The lowest BCUT2D eigenvalue weighted by molar-refractivity contribution is 0.795. The van der Waals surface area contributed by atoms with E-state index in [1.54, 1.807) is 0 Å². The van der Waals surface area contributed by atoms with Crippen LogP contribution >= 0.6 is 0 Å². The lowest BCUT2D eigenvalue weighted by Gasteiger charge is -2.19. The molecule has 0 radical (unpaired) electrons. The van der Waals surface area contributed by atoms with Gasteiger partial charge in [0.25, 0.3) is 0 Å². The molecule has 0 aromatic heterocycles. The smallest absolute Gasteiger partial charge is 0.0366 e. The Morgan fingerprint density at radius 2 is 1.93 bits per heavy atom. The molecule has 1 aromatic carbocycles. The van der Waals surface area contributed by atoms with Crippen molar-refractivity contribution in [2.75, 3.05) is 25.0 Å². The fraction of sp³-hybridized carbons (Fsp3) is 0.500. The number of hydrogen-bond acceptors (Lipinski definition) is 2. The average molecular weight is 192 g/mol. The number of anilines is 1.